The largest absolute Gasteiger partial charge is 0.481 e. The molecule has 0 heterocycles. The van der Waals surface area contributed by atoms with Gasteiger partial charge in [0.2, 0.25) is 0 Å². The number of hydrogen-bond donors (Lipinski definition) is 3. The molecule has 7 heteroatoms. The number of hydrogen-bond acceptors (Lipinski definition) is 4. The highest BCUT2D eigenvalue weighted by molar-refractivity contribution is 6.28. The molecule has 0 aliphatic carbocycles. The van der Waals surface area contributed by atoms with Crippen molar-refractivity contribution in [3.8, 4) is 11.5 Å². The van der Waals surface area contributed by atoms with Crippen LogP contribution in [0.25, 0.3) is 0 Å². The Morgan fingerprint density at radius 2 is 1.54 bits per heavy atom. The van der Waals surface area contributed by atoms with E-state index in [0.717, 1.165) is 11.1 Å². The van der Waals surface area contributed by atoms with E-state index >= 15 is 0 Å². The first-order chi connectivity index (χ1) is 16.5. The molecule has 0 amide bonds. The van der Waals surface area contributed by atoms with Crippen molar-refractivity contribution in [3.05, 3.63) is 95.1 Å². The van der Waals surface area contributed by atoms with Gasteiger partial charge in [-0.15, -0.1) is 0 Å². The standard InChI is InChI=1S/C28H29O6Si/c1-27(2,3)25-21(10-7-11-23(25)34-20-14-12-18(17-29)13-15-20)22(16-24(30)31)28(35,26(32)33)19-8-5-4-6-9-19/h4-15,22,29H,16-17H2,1-3H3,(H,30,31)(H,32,33). The number of benzene rings is 3. The zero-order chi connectivity index (χ0) is 25.8. The highest BCUT2D eigenvalue weighted by Gasteiger charge is 2.46. The second-order valence-corrected chi connectivity index (χ2v) is 10.3. The Bertz CT molecular complexity index is 1180. The number of aliphatic hydroxyl groups excluding tert-OH is 1. The molecule has 0 aliphatic heterocycles. The Labute approximate surface area is 208 Å². The number of carboxylic acids is 2. The lowest BCUT2D eigenvalue weighted by atomic mass is 9.72. The monoisotopic (exact) mass is 489 g/mol. The van der Waals surface area contributed by atoms with E-state index in [1.165, 1.54) is 0 Å². The topological polar surface area (TPSA) is 104 Å². The first kappa shape index (κ1) is 26.2. The van der Waals surface area contributed by atoms with Gasteiger partial charge < -0.3 is 20.1 Å². The van der Waals surface area contributed by atoms with Gasteiger partial charge >= 0.3 is 11.9 Å². The van der Waals surface area contributed by atoms with Crippen LogP contribution in [0.3, 0.4) is 0 Å². The van der Waals surface area contributed by atoms with Crippen LogP contribution in [0, 0.1) is 0 Å². The molecular weight excluding hydrogens is 460 g/mol. The van der Waals surface area contributed by atoms with Crippen LogP contribution in [0.5, 0.6) is 11.5 Å². The zero-order valence-electron chi connectivity index (χ0n) is 20.0. The first-order valence-electron chi connectivity index (χ1n) is 11.2. The molecule has 0 saturated carbocycles. The Kier molecular flexibility index (Phi) is 7.82. The third kappa shape index (κ3) is 5.63. The Balaban J connectivity index is 2.24. The summed E-state index contributed by atoms with van der Waals surface area (Å²) >= 11 is 0. The predicted molar refractivity (Wildman–Crippen MR) is 134 cm³/mol. The maximum Gasteiger partial charge on any atom is 0.310 e. The second-order valence-electron chi connectivity index (χ2n) is 9.50. The summed E-state index contributed by atoms with van der Waals surface area (Å²) in [7, 11) is 3.54. The highest BCUT2D eigenvalue weighted by Crippen LogP contribution is 2.46. The van der Waals surface area contributed by atoms with E-state index in [9.17, 15) is 24.9 Å². The normalized spacial score (nSPS) is 14.1. The summed E-state index contributed by atoms with van der Waals surface area (Å²) in [5, 5.41) is 27.8. The molecule has 0 fully saturated rings. The molecule has 0 aromatic heterocycles. The minimum absolute atomic E-state index is 0.0817. The van der Waals surface area contributed by atoms with Crippen molar-refractivity contribution in [1.29, 1.82) is 0 Å². The van der Waals surface area contributed by atoms with E-state index < -0.39 is 34.7 Å². The molecule has 181 valence electrons. The molecular formula is C28H29O6Si. The lowest BCUT2D eigenvalue weighted by Gasteiger charge is -2.37. The molecule has 2 atom stereocenters. The minimum Gasteiger partial charge on any atom is -0.481 e. The summed E-state index contributed by atoms with van der Waals surface area (Å²) in [4.78, 5) is 24.7. The smallest absolute Gasteiger partial charge is 0.310 e. The molecule has 0 saturated heterocycles. The van der Waals surface area contributed by atoms with Gasteiger partial charge in [0, 0.05) is 11.5 Å². The first-order valence-corrected chi connectivity index (χ1v) is 11.7. The van der Waals surface area contributed by atoms with Gasteiger partial charge in [0.1, 0.15) is 11.5 Å². The SMILES string of the molecule is CC(C)(C)c1c(Oc2ccc(CO)cc2)cccc1C(CC(=O)O)C([Si])(C(=O)O)c1ccccc1. The Hall–Kier alpha value is -3.42. The van der Waals surface area contributed by atoms with Crippen LogP contribution in [-0.2, 0) is 26.6 Å². The van der Waals surface area contributed by atoms with Crippen LogP contribution >= 0.6 is 0 Å². The van der Waals surface area contributed by atoms with Gasteiger partial charge in [0.25, 0.3) is 0 Å². The predicted octanol–water partition coefficient (Wildman–Crippen LogP) is 4.98. The number of rotatable bonds is 9. The molecule has 0 aliphatic rings. The number of carboxylic acid groups (broad SMARTS) is 2. The number of ether oxygens (including phenoxy) is 1. The van der Waals surface area contributed by atoms with Crippen molar-refractivity contribution >= 4 is 22.2 Å². The highest BCUT2D eigenvalue weighted by atomic mass is 28.1. The van der Waals surface area contributed by atoms with Gasteiger partial charge in [0.05, 0.1) is 28.3 Å². The molecule has 3 rings (SSSR count). The fourth-order valence-corrected chi connectivity index (χ4v) is 4.79. The molecule has 2 unspecified atom stereocenters. The van der Waals surface area contributed by atoms with Crippen molar-refractivity contribution < 1.29 is 29.6 Å². The van der Waals surface area contributed by atoms with Crippen LogP contribution < -0.4 is 4.74 Å². The molecule has 3 radical (unpaired) electrons. The van der Waals surface area contributed by atoms with E-state index in [1.54, 1.807) is 72.8 Å². The van der Waals surface area contributed by atoms with Crippen molar-refractivity contribution in [2.75, 3.05) is 0 Å². The van der Waals surface area contributed by atoms with Crippen molar-refractivity contribution in [1.82, 2.24) is 0 Å². The van der Waals surface area contributed by atoms with Gasteiger partial charge in [-0.2, -0.15) is 0 Å². The maximum atomic E-state index is 12.7. The van der Waals surface area contributed by atoms with Crippen molar-refractivity contribution in [3.63, 3.8) is 0 Å². The van der Waals surface area contributed by atoms with Crippen LogP contribution in [0.4, 0.5) is 0 Å². The molecule has 3 aromatic carbocycles. The summed E-state index contributed by atoms with van der Waals surface area (Å²) in [6.07, 6.45) is -0.414. The third-order valence-corrected chi connectivity index (χ3v) is 6.84. The van der Waals surface area contributed by atoms with Gasteiger partial charge in [0.15, 0.2) is 0 Å². The zero-order valence-corrected chi connectivity index (χ0v) is 21.0. The molecule has 0 spiro atoms. The van der Waals surface area contributed by atoms with Gasteiger partial charge in [-0.25, -0.2) is 0 Å². The van der Waals surface area contributed by atoms with Crippen molar-refractivity contribution in [2.24, 2.45) is 0 Å². The lowest BCUT2D eigenvalue weighted by Crippen LogP contribution is -2.44. The molecule has 3 N–H and O–H groups in total. The van der Waals surface area contributed by atoms with Crippen LogP contribution in [0.2, 0.25) is 0 Å². The average molecular weight is 490 g/mol. The van der Waals surface area contributed by atoms with E-state index in [2.05, 4.69) is 10.2 Å². The van der Waals surface area contributed by atoms with E-state index in [0.29, 0.717) is 22.6 Å². The van der Waals surface area contributed by atoms with Gasteiger partial charge in [-0.1, -0.05) is 75.4 Å². The van der Waals surface area contributed by atoms with Gasteiger partial charge in [-0.3, -0.25) is 9.59 Å². The molecule has 3 aromatic rings. The van der Waals surface area contributed by atoms with Gasteiger partial charge in [-0.05, 0) is 40.3 Å². The summed E-state index contributed by atoms with van der Waals surface area (Å²) in [6.45, 7) is 5.85. The van der Waals surface area contributed by atoms with Crippen molar-refractivity contribution in [2.45, 2.75) is 50.2 Å². The van der Waals surface area contributed by atoms with Crippen LogP contribution in [0.1, 0.15) is 55.4 Å². The van der Waals surface area contributed by atoms with Crippen LogP contribution in [-0.4, -0.2) is 37.5 Å². The lowest BCUT2D eigenvalue weighted by molar-refractivity contribution is -0.142. The Morgan fingerprint density at radius 3 is 2.06 bits per heavy atom. The summed E-state index contributed by atoms with van der Waals surface area (Å²) in [5.74, 6) is -2.19. The molecule has 0 bridgehead atoms. The average Bonchev–Trinajstić information content (AvgIpc) is 2.82. The maximum absolute atomic E-state index is 12.7. The molecule has 35 heavy (non-hydrogen) atoms. The third-order valence-electron chi connectivity index (χ3n) is 5.99. The summed E-state index contributed by atoms with van der Waals surface area (Å²) in [6, 6.07) is 20.9. The van der Waals surface area contributed by atoms with E-state index in [-0.39, 0.29) is 6.61 Å². The quantitative estimate of drug-likeness (QED) is 0.367. The summed E-state index contributed by atoms with van der Waals surface area (Å²) < 4.78 is 6.22. The molecule has 6 nitrogen and oxygen atoms in total. The summed E-state index contributed by atoms with van der Waals surface area (Å²) in [5.41, 5.74) is 1.98. The number of carbonyl (C=O) groups is 2. The van der Waals surface area contributed by atoms with E-state index in [1.807, 2.05) is 20.8 Å². The fourth-order valence-electron chi connectivity index (χ4n) is 4.36. The number of aliphatic carboxylic acids is 2. The van der Waals surface area contributed by atoms with Crippen LogP contribution in [0.15, 0.2) is 72.8 Å². The number of aliphatic hydroxyl groups is 1. The minimum atomic E-state index is -1.69. The van der Waals surface area contributed by atoms with E-state index in [4.69, 9.17) is 4.74 Å². The fraction of sp³-hybridized carbons (Fsp3) is 0.286. The second kappa shape index (κ2) is 10.5. The Morgan fingerprint density at radius 1 is 0.914 bits per heavy atom.